The van der Waals surface area contributed by atoms with Gasteiger partial charge in [-0.15, -0.1) is 0 Å². The van der Waals surface area contributed by atoms with E-state index >= 15 is 0 Å². The van der Waals surface area contributed by atoms with Crippen LogP contribution in [-0.2, 0) is 10.3 Å². The topological polar surface area (TPSA) is 59.2 Å². The van der Waals surface area contributed by atoms with E-state index in [0.717, 1.165) is 11.3 Å². The van der Waals surface area contributed by atoms with Gasteiger partial charge >= 0.3 is 0 Å². The summed E-state index contributed by atoms with van der Waals surface area (Å²) >= 11 is 0. The van der Waals surface area contributed by atoms with E-state index in [1.54, 1.807) is 24.2 Å². The molecule has 2 rings (SSSR count). The number of nitrogens with zero attached hydrogens (tertiary/aromatic N) is 2. The highest BCUT2D eigenvalue weighted by Gasteiger charge is 2.34. The van der Waals surface area contributed by atoms with E-state index in [9.17, 15) is 4.79 Å². The van der Waals surface area contributed by atoms with Crippen LogP contribution in [0.3, 0.4) is 0 Å². The first-order valence-electron chi connectivity index (χ1n) is 6.63. The van der Waals surface area contributed by atoms with E-state index in [4.69, 9.17) is 5.73 Å². The number of hydrogen-bond donors (Lipinski definition) is 1. The summed E-state index contributed by atoms with van der Waals surface area (Å²) in [6, 6.07) is 13.0. The molecular weight excluding hydrogens is 250 g/mol. The number of pyridine rings is 1. The Labute approximate surface area is 119 Å². The lowest BCUT2D eigenvalue weighted by Gasteiger charge is -2.31. The minimum Gasteiger partial charge on any atom is -0.314 e. The highest BCUT2D eigenvalue weighted by atomic mass is 16.2. The van der Waals surface area contributed by atoms with E-state index in [0.29, 0.717) is 6.54 Å². The van der Waals surface area contributed by atoms with Crippen molar-refractivity contribution >= 4 is 11.6 Å². The smallest absolute Gasteiger partial charge is 0.251 e. The largest absolute Gasteiger partial charge is 0.314 e. The van der Waals surface area contributed by atoms with Crippen molar-refractivity contribution in [3.05, 3.63) is 60.4 Å². The zero-order valence-corrected chi connectivity index (χ0v) is 11.8. The molecular formula is C16H19N3O. The summed E-state index contributed by atoms with van der Waals surface area (Å²) in [4.78, 5) is 18.4. The lowest BCUT2D eigenvalue weighted by Crippen LogP contribution is -2.51. The zero-order valence-electron chi connectivity index (χ0n) is 11.8. The predicted molar refractivity (Wildman–Crippen MR) is 80.2 cm³/mol. The molecule has 1 unspecified atom stereocenters. The summed E-state index contributed by atoms with van der Waals surface area (Å²) in [5.74, 6) is -0.127. The molecule has 4 nitrogen and oxygen atoms in total. The van der Waals surface area contributed by atoms with Gasteiger partial charge in [-0.3, -0.25) is 9.78 Å². The molecule has 0 fully saturated rings. The molecule has 1 heterocycles. The lowest BCUT2D eigenvalue weighted by molar-refractivity contribution is -0.123. The second-order valence-electron chi connectivity index (χ2n) is 4.82. The van der Waals surface area contributed by atoms with Gasteiger partial charge in [-0.1, -0.05) is 30.3 Å². The summed E-state index contributed by atoms with van der Waals surface area (Å²) in [5, 5.41) is 0. The molecule has 0 saturated carbocycles. The van der Waals surface area contributed by atoms with Crippen LogP contribution >= 0.6 is 0 Å². The number of benzene rings is 1. The molecule has 1 atom stereocenters. The Morgan fingerprint density at radius 2 is 1.80 bits per heavy atom. The molecule has 20 heavy (non-hydrogen) atoms. The van der Waals surface area contributed by atoms with Gasteiger partial charge in [-0.05, 0) is 31.5 Å². The fourth-order valence-electron chi connectivity index (χ4n) is 2.16. The van der Waals surface area contributed by atoms with Gasteiger partial charge in [0.2, 0.25) is 0 Å². The van der Waals surface area contributed by atoms with E-state index in [-0.39, 0.29) is 5.91 Å². The molecule has 0 spiro atoms. The molecule has 104 valence electrons. The van der Waals surface area contributed by atoms with Gasteiger partial charge in [0, 0.05) is 24.6 Å². The molecule has 0 bridgehead atoms. The van der Waals surface area contributed by atoms with Crippen LogP contribution in [0.5, 0.6) is 0 Å². The van der Waals surface area contributed by atoms with Crippen molar-refractivity contribution in [1.29, 1.82) is 0 Å². The normalized spacial score (nSPS) is 13.6. The maximum atomic E-state index is 12.8. The number of hydrogen-bond acceptors (Lipinski definition) is 3. The Kier molecular flexibility index (Phi) is 4.15. The SMILES string of the molecule is CCN(C(=O)C(C)(N)c1ccccc1)c1ccncc1. The summed E-state index contributed by atoms with van der Waals surface area (Å²) in [6.07, 6.45) is 3.34. The van der Waals surface area contributed by atoms with Gasteiger partial charge in [0.05, 0.1) is 0 Å². The van der Waals surface area contributed by atoms with Gasteiger partial charge in [0.1, 0.15) is 5.54 Å². The average Bonchev–Trinajstić information content (AvgIpc) is 2.50. The fraction of sp³-hybridized carbons (Fsp3) is 0.250. The van der Waals surface area contributed by atoms with Crippen molar-refractivity contribution in [2.24, 2.45) is 5.73 Å². The number of likely N-dealkylation sites (N-methyl/N-ethyl adjacent to an activating group) is 1. The molecule has 0 saturated heterocycles. The van der Waals surface area contributed by atoms with E-state index in [1.165, 1.54) is 0 Å². The summed E-state index contributed by atoms with van der Waals surface area (Å²) in [7, 11) is 0. The van der Waals surface area contributed by atoms with E-state index in [2.05, 4.69) is 4.98 Å². The Morgan fingerprint density at radius 3 is 2.35 bits per heavy atom. The monoisotopic (exact) mass is 269 g/mol. The maximum absolute atomic E-state index is 12.8. The van der Waals surface area contributed by atoms with Crippen LogP contribution in [0.4, 0.5) is 5.69 Å². The number of carbonyl (C=O) groups is 1. The Hall–Kier alpha value is -2.20. The predicted octanol–water partition coefficient (Wildman–Crippen LogP) is 2.31. The minimum atomic E-state index is -1.06. The Bertz CT molecular complexity index is 567. The third kappa shape index (κ3) is 2.70. The summed E-state index contributed by atoms with van der Waals surface area (Å²) in [5.41, 5.74) is 6.84. The van der Waals surface area contributed by atoms with Crippen LogP contribution in [0.2, 0.25) is 0 Å². The van der Waals surface area contributed by atoms with Gasteiger partial charge in [-0.2, -0.15) is 0 Å². The van der Waals surface area contributed by atoms with Gasteiger partial charge in [-0.25, -0.2) is 0 Å². The number of rotatable bonds is 4. The van der Waals surface area contributed by atoms with Gasteiger partial charge in [0.25, 0.3) is 5.91 Å². The Balaban J connectivity index is 2.34. The molecule has 2 N–H and O–H groups in total. The van der Waals surface area contributed by atoms with Crippen LogP contribution in [0.15, 0.2) is 54.9 Å². The van der Waals surface area contributed by atoms with Crippen LogP contribution in [0.1, 0.15) is 19.4 Å². The highest BCUT2D eigenvalue weighted by molar-refractivity contribution is 6.00. The molecule has 4 heteroatoms. The van der Waals surface area contributed by atoms with Gasteiger partial charge in [0.15, 0.2) is 0 Å². The number of anilines is 1. The number of nitrogens with two attached hydrogens (primary N) is 1. The van der Waals surface area contributed by atoms with Crippen LogP contribution in [0.25, 0.3) is 0 Å². The van der Waals surface area contributed by atoms with Crippen molar-refractivity contribution in [1.82, 2.24) is 4.98 Å². The van der Waals surface area contributed by atoms with Crippen molar-refractivity contribution < 1.29 is 4.79 Å². The lowest BCUT2D eigenvalue weighted by atomic mass is 9.91. The first-order valence-corrected chi connectivity index (χ1v) is 6.63. The molecule has 1 aromatic heterocycles. The van der Waals surface area contributed by atoms with Crippen LogP contribution in [-0.4, -0.2) is 17.4 Å². The van der Waals surface area contributed by atoms with Crippen LogP contribution < -0.4 is 10.6 Å². The van der Waals surface area contributed by atoms with E-state index in [1.807, 2.05) is 49.4 Å². The Morgan fingerprint density at radius 1 is 1.20 bits per heavy atom. The molecule has 0 aliphatic carbocycles. The first-order chi connectivity index (χ1) is 9.57. The zero-order chi connectivity index (χ0) is 14.6. The first kappa shape index (κ1) is 14.2. The number of carbonyl (C=O) groups excluding carboxylic acids is 1. The second-order valence-corrected chi connectivity index (χ2v) is 4.82. The molecule has 1 amide bonds. The number of aromatic nitrogens is 1. The third-order valence-corrected chi connectivity index (χ3v) is 3.35. The fourth-order valence-corrected chi connectivity index (χ4v) is 2.16. The van der Waals surface area contributed by atoms with Crippen molar-refractivity contribution in [3.8, 4) is 0 Å². The average molecular weight is 269 g/mol. The molecule has 0 aliphatic heterocycles. The maximum Gasteiger partial charge on any atom is 0.251 e. The van der Waals surface area contributed by atoms with Gasteiger partial charge < -0.3 is 10.6 Å². The van der Waals surface area contributed by atoms with E-state index < -0.39 is 5.54 Å². The third-order valence-electron chi connectivity index (χ3n) is 3.35. The molecule has 0 aliphatic rings. The number of amides is 1. The highest BCUT2D eigenvalue weighted by Crippen LogP contribution is 2.23. The summed E-state index contributed by atoms with van der Waals surface area (Å²) in [6.45, 7) is 4.23. The van der Waals surface area contributed by atoms with Crippen molar-refractivity contribution in [2.75, 3.05) is 11.4 Å². The van der Waals surface area contributed by atoms with Crippen LogP contribution in [0, 0.1) is 0 Å². The standard InChI is InChI=1S/C16H19N3O/c1-3-19(14-9-11-18-12-10-14)15(20)16(2,17)13-7-5-4-6-8-13/h4-12H,3,17H2,1-2H3. The minimum absolute atomic E-state index is 0.127. The van der Waals surface area contributed by atoms with Crippen molar-refractivity contribution in [2.45, 2.75) is 19.4 Å². The quantitative estimate of drug-likeness (QED) is 0.926. The molecule has 0 radical (unpaired) electrons. The molecule has 1 aromatic carbocycles. The second kappa shape index (κ2) is 5.84. The van der Waals surface area contributed by atoms with Crippen molar-refractivity contribution in [3.63, 3.8) is 0 Å². The summed E-state index contributed by atoms with van der Waals surface area (Å²) < 4.78 is 0. The molecule has 2 aromatic rings.